The Hall–Kier alpha value is -2.82. The van der Waals surface area contributed by atoms with Crippen LogP contribution in [0.15, 0.2) is 42.5 Å². The zero-order valence-corrected chi connectivity index (χ0v) is 10.2. The lowest BCUT2D eigenvalue weighted by molar-refractivity contribution is 0.0691. The molecule has 0 aliphatic carbocycles. The summed E-state index contributed by atoms with van der Waals surface area (Å²) in [5, 5.41) is 18.8. The Bertz CT molecular complexity index is 823. The lowest BCUT2D eigenvalue weighted by Gasteiger charge is -2.04. The summed E-state index contributed by atoms with van der Waals surface area (Å²) in [7, 11) is 0. The molecule has 0 saturated heterocycles. The second-order valence-corrected chi connectivity index (χ2v) is 4.45. The van der Waals surface area contributed by atoms with Crippen LogP contribution < -0.4 is 0 Å². The molecule has 0 unspecified atom stereocenters. The number of carbonyl (C=O) groups is 1. The zero-order chi connectivity index (χ0) is 14.3. The van der Waals surface area contributed by atoms with Gasteiger partial charge in [-0.2, -0.15) is 0 Å². The van der Waals surface area contributed by atoms with Crippen molar-refractivity contribution in [2.45, 2.75) is 0 Å². The molecule has 3 rings (SSSR count). The van der Waals surface area contributed by atoms with Gasteiger partial charge >= 0.3 is 5.97 Å². The summed E-state index contributed by atoms with van der Waals surface area (Å²) < 4.78 is 13.8. The van der Waals surface area contributed by atoms with Gasteiger partial charge in [0.05, 0.1) is 0 Å². The number of hydrogen-bond acceptors (Lipinski definition) is 2. The average Bonchev–Trinajstić information content (AvgIpc) is 2.81. The Labute approximate surface area is 113 Å². The SMILES string of the molecule is O=C(O)c1cc2cc(-c3ccc(O)cc3F)ccc2[nH]1. The number of hydrogen-bond donors (Lipinski definition) is 3. The number of benzene rings is 2. The molecule has 0 bridgehead atoms. The third kappa shape index (κ3) is 1.99. The lowest BCUT2D eigenvalue weighted by Crippen LogP contribution is -1.94. The molecule has 0 aliphatic heterocycles. The minimum Gasteiger partial charge on any atom is -0.508 e. The summed E-state index contributed by atoms with van der Waals surface area (Å²) in [4.78, 5) is 13.7. The molecule has 1 aromatic heterocycles. The van der Waals surface area contributed by atoms with E-state index in [9.17, 15) is 14.3 Å². The number of carboxylic acid groups (broad SMARTS) is 1. The Morgan fingerprint density at radius 3 is 2.60 bits per heavy atom. The number of aromatic carboxylic acids is 1. The van der Waals surface area contributed by atoms with E-state index in [-0.39, 0.29) is 11.4 Å². The predicted octanol–water partition coefficient (Wildman–Crippen LogP) is 3.38. The molecule has 5 heteroatoms. The topological polar surface area (TPSA) is 73.3 Å². The van der Waals surface area contributed by atoms with Crippen LogP contribution in [0, 0.1) is 5.82 Å². The van der Waals surface area contributed by atoms with Crippen LogP contribution in [0.5, 0.6) is 5.75 Å². The molecule has 1 heterocycles. The number of carboxylic acids is 1. The van der Waals surface area contributed by atoms with Crippen molar-refractivity contribution in [3.05, 3.63) is 54.0 Å². The number of H-pyrrole nitrogens is 1. The van der Waals surface area contributed by atoms with Crippen LogP contribution in [0.4, 0.5) is 4.39 Å². The highest BCUT2D eigenvalue weighted by atomic mass is 19.1. The molecule has 100 valence electrons. The maximum atomic E-state index is 13.8. The third-order valence-electron chi connectivity index (χ3n) is 3.11. The maximum absolute atomic E-state index is 13.8. The summed E-state index contributed by atoms with van der Waals surface area (Å²) in [5.74, 6) is -1.71. The molecule has 0 fully saturated rings. The molecule has 0 saturated carbocycles. The molecule has 0 atom stereocenters. The number of fused-ring (bicyclic) bond motifs is 1. The smallest absolute Gasteiger partial charge is 0.352 e. The molecule has 0 radical (unpaired) electrons. The molecule has 3 aromatic rings. The summed E-state index contributed by atoms with van der Waals surface area (Å²) in [6, 6.07) is 10.5. The predicted molar refractivity (Wildman–Crippen MR) is 72.3 cm³/mol. The largest absolute Gasteiger partial charge is 0.508 e. The molecule has 0 amide bonds. The number of rotatable bonds is 2. The number of nitrogens with one attached hydrogen (secondary N) is 1. The molecule has 20 heavy (non-hydrogen) atoms. The van der Waals surface area contributed by atoms with E-state index in [1.807, 2.05) is 0 Å². The van der Waals surface area contributed by atoms with Crippen LogP contribution in [0.25, 0.3) is 22.0 Å². The molecule has 0 spiro atoms. The van der Waals surface area contributed by atoms with Gasteiger partial charge < -0.3 is 15.2 Å². The fourth-order valence-electron chi connectivity index (χ4n) is 2.15. The van der Waals surface area contributed by atoms with Gasteiger partial charge in [-0.05, 0) is 35.9 Å². The van der Waals surface area contributed by atoms with E-state index in [1.54, 1.807) is 18.2 Å². The number of halogens is 1. The van der Waals surface area contributed by atoms with Gasteiger partial charge in [0.15, 0.2) is 0 Å². The Morgan fingerprint density at radius 1 is 1.10 bits per heavy atom. The number of phenolic OH excluding ortho intramolecular Hbond substituents is 1. The normalized spacial score (nSPS) is 10.8. The quantitative estimate of drug-likeness (QED) is 0.669. The second-order valence-electron chi connectivity index (χ2n) is 4.45. The molecular formula is C15H10FNO3. The molecule has 3 N–H and O–H groups in total. The first-order valence-corrected chi connectivity index (χ1v) is 5.89. The minimum absolute atomic E-state index is 0.0864. The highest BCUT2D eigenvalue weighted by Gasteiger charge is 2.10. The van der Waals surface area contributed by atoms with Gasteiger partial charge in [0.2, 0.25) is 0 Å². The maximum Gasteiger partial charge on any atom is 0.352 e. The Kier molecular flexibility index (Phi) is 2.68. The van der Waals surface area contributed by atoms with Gasteiger partial charge in [-0.1, -0.05) is 6.07 Å². The third-order valence-corrected chi connectivity index (χ3v) is 3.11. The molecular weight excluding hydrogens is 261 g/mol. The van der Waals surface area contributed by atoms with Crippen molar-refractivity contribution in [1.29, 1.82) is 0 Å². The standard InChI is InChI=1S/C15H10FNO3/c16-12-7-10(18)2-3-11(12)8-1-4-13-9(5-8)6-14(17-13)15(19)20/h1-7,17-18H,(H,19,20). The first-order chi connectivity index (χ1) is 9.54. The van der Waals surface area contributed by atoms with E-state index in [2.05, 4.69) is 4.98 Å². The van der Waals surface area contributed by atoms with E-state index < -0.39 is 11.8 Å². The fourth-order valence-corrected chi connectivity index (χ4v) is 2.15. The highest BCUT2D eigenvalue weighted by Crippen LogP contribution is 2.28. The average molecular weight is 271 g/mol. The van der Waals surface area contributed by atoms with Crippen LogP contribution in [0.2, 0.25) is 0 Å². The monoisotopic (exact) mass is 271 g/mol. The Balaban J connectivity index is 2.14. The second kappa shape index (κ2) is 4.38. The number of aromatic amines is 1. The van der Waals surface area contributed by atoms with Crippen molar-refractivity contribution in [3.63, 3.8) is 0 Å². The number of aromatic nitrogens is 1. The van der Waals surface area contributed by atoms with E-state index >= 15 is 0 Å². The molecule has 4 nitrogen and oxygen atoms in total. The first kappa shape index (κ1) is 12.2. The van der Waals surface area contributed by atoms with E-state index in [1.165, 1.54) is 18.2 Å². The van der Waals surface area contributed by atoms with Crippen LogP contribution >= 0.6 is 0 Å². The highest BCUT2D eigenvalue weighted by molar-refractivity contribution is 5.95. The number of phenols is 1. The first-order valence-electron chi connectivity index (χ1n) is 5.89. The van der Waals surface area contributed by atoms with Crippen molar-refractivity contribution in [2.75, 3.05) is 0 Å². The van der Waals surface area contributed by atoms with Gasteiger partial charge in [-0.15, -0.1) is 0 Å². The minimum atomic E-state index is -1.04. The van der Waals surface area contributed by atoms with E-state index in [0.29, 0.717) is 22.0 Å². The summed E-state index contributed by atoms with van der Waals surface area (Å²) in [6.45, 7) is 0. The van der Waals surface area contributed by atoms with Gasteiger partial charge in [-0.25, -0.2) is 9.18 Å². The van der Waals surface area contributed by atoms with Gasteiger partial charge in [0.25, 0.3) is 0 Å². The van der Waals surface area contributed by atoms with E-state index in [4.69, 9.17) is 5.11 Å². The van der Waals surface area contributed by atoms with Crippen LogP contribution in [0.1, 0.15) is 10.5 Å². The van der Waals surface area contributed by atoms with Gasteiger partial charge in [0.1, 0.15) is 17.3 Å². The van der Waals surface area contributed by atoms with Gasteiger partial charge in [0, 0.05) is 22.5 Å². The van der Waals surface area contributed by atoms with Crippen LogP contribution in [-0.4, -0.2) is 21.2 Å². The van der Waals surface area contributed by atoms with Crippen molar-refractivity contribution in [3.8, 4) is 16.9 Å². The van der Waals surface area contributed by atoms with Crippen LogP contribution in [-0.2, 0) is 0 Å². The van der Waals surface area contributed by atoms with Gasteiger partial charge in [-0.3, -0.25) is 0 Å². The van der Waals surface area contributed by atoms with Crippen molar-refractivity contribution in [2.24, 2.45) is 0 Å². The molecule has 2 aromatic carbocycles. The summed E-state index contributed by atoms with van der Waals surface area (Å²) in [6.07, 6.45) is 0. The summed E-state index contributed by atoms with van der Waals surface area (Å²) >= 11 is 0. The summed E-state index contributed by atoms with van der Waals surface area (Å²) in [5.41, 5.74) is 1.72. The fraction of sp³-hybridized carbons (Fsp3) is 0. The zero-order valence-electron chi connectivity index (χ0n) is 10.2. The lowest BCUT2D eigenvalue weighted by atomic mass is 10.0. The van der Waals surface area contributed by atoms with Crippen molar-refractivity contribution >= 4 is 16.9 Å². The Morgan fingerprint density at radius 2 is 1.90 bits per heavy atom. The molecule has 0 aliphatic rings. The number of aromatic hydroxyl groups is 1. The van der Waals surface area contributed by atoms with E-state index in [0.717, 1.165) is 6.07 Å². The van der Waals surface area contributed by atoms with Crippen molar-refractivity contribution in [1.82, 2.24) is 4.98 Å². The van der Waals surface area contributed by atoms with Crippen LogP contribution in [0.3, 0.4) is 0 Å². The van der Waals surface area contributed by atoms with Crippen molar-refractivity contribution < 1.29 is 19.4 Å².